The lowest BCUT2D eigenvalue weighted by molar-refractivity contribution is 0.391. The van der Waals surface area contributed by atoms with Crippen LogP contribution in [-0.2, 0) is 12.3 Å². The van der Waals surface area contributed by atoms with Gasteiger partial charge in [0.05, 0.1) is 17.3 Å². The summed E-state index contributed by atoms with van der Waals surface area (Å²) in [6.07, 6.45) is 2.37. The van der Waals surface area contributed by atoms with Crippen LogP contribution in [0.3, 0.4) is 0 Å². The minimum atomic E-state index is 0.496. The van der Waals surface area contributed by atoms with Crippen molar-refractivity contribution >= 4 is 23.4 Å². The molecule has 4 aromatic rings. The molecule has 1 fully saturated rings. The van der Waals surface area contributed by atoms with E-state index >= 15 is 0 Å². The molecule has 2 aromatic carbocycles. The predicted octanol–water partition coefficient (Wildman–Crippen LogP) is 5.20. The van der Waals surface area contributed by atoms with Crippen LogP contribution in [0, 0.1) is 0 Å². The maximum Gasteiger partial charge on any atom is 0.237 e. The first-order chi connectivity index (χ1) is 14.3. The normalized spacial score (nSPS) is 13.7. The summed E-state index contributed by atoms with van der Waals surface area (Å²) in [7, 11) is 0. The third-order valence-electron chi connectivity index (χ3n) is 4.78. The van der Waals surface area contributed by atoms with Gasteiger partial charge in [-0.2, -0.15) is 4.98 Å². The second-order valence-electron chi connectivity index (χ2n) is 6.97. The molecule has 6 nitrogen and oxygen atoms in total. The summed E-state index contributed by atoms with van der Waals surface area (Å²) in [5.74, 6) is 3.15. The van der Waals surface area contributed by atoms with E-state index in [9.17, 15) is 0 Å². The lowest BCUT2D eigenvalue weighted by Gasteiger charge is -2.09. The van der Waals surface area contributed by atoms with E-state index in [1.807, 2.05) is 30.3 Å². The van der Waals surface area contributed by atoms with Crippen LogP contribution in [0.2, 0.25) is 5.02 Å². The van der Waals surface area contributed by atoms with Gasteiger partial charge in [-0.3, -0.25) is 0 Å². The van der Waals surface area contributed by atoms with Crippen molar-refractivity contribution in [3.63, 3.8) is 0 Å². The zero-order valence-corrected chi connectivity index (χ0v) is 17.1. The van der Waals surface area contributed by atoms with Crippen molar-refractivity contribution in [2.24, 2.45) is 0 Å². The monoisotopic (exact) mass is 423 g/mol. The van der Waals surface area contributed by atoms with Gasteiger partial charge < -0.3 is 9.09 Å². The van der Waals surface area contributed by atoms with E-state index in [2.05, 4.69) is 49.2 Å². The van der Waals surface area contributed by atoms with Crippen LogP contribution in [0.5, 0.6) is 0 Å². The van der Waals surface area contributed by atoms with Gasteiger partial charge in [0.2, 0.25) is 11.7 Å². The minimum Gasteiger partial charge on any atom is -0.338 e. The molecular weight excluding hydrogens is 406 g/mol. The maximum atomic E-state index is 6.23. The summed E-state index contributed by atoms with van der Waals surface area (Å²) in [4.78, 5) is 4.48. The summed E-state index contributed by atoms with van der Waals surface area (Å²) in [6.45, 7) is 0.761. The zero-order valence-electron chi connectivity index (χ0n) is 15.5. The molecule has 0 N–H and O–H groups in total. The van der Waals surface area contributed by atoms with Gasteiger partial charge in [-0.15, -0.1) is 10.2 Å². The van der Waals surface area contributed by atoms with Crippen molar-refractivity contribution < 1.29 is 4.52 Å². The highest BCUT2D eigenvalue weighted by molar-refractivity contribution is 7.98. The molecule has 1 aliphatic carbocycles. The van der Waals surface area contributed by atoms with E-state index in [-0.39, 0.29) is 0 Å². The highest BCUT2D eigenvalue weighted by Gasteiger charge is 2.30. The zero-order chi connectivity index (χ0) is 19.6. The first-order valence-electron chi connectivity index (χ1n) is 9.45. The van der Waals surface area contributed by atoms with Crippen molar-refractivity contribution in [1.82, 2.24) is 24.9 Å². The Bertz CT molecular complexity index is 1120. The van der Waals surface area contributed by atoms with Crippen LogP contribution >= 0.6 is 23.4 Å². The molecule has 0 atom stereocenters. The highest BCUT2D eigenvalue weighted by Crippen LogP contribution is 2.40. The average Bonchev–Trinajstić information content (AvgIpc) is 3.35. The first kappa shape index (κ1) is 18.4. The molecule has 2 heterocycles. The Kier molecular flexibility index (Phi) is 5.08. The van der Waals surface area contributed by atoms with Gasteiger partial charge in [0.15, 0.2) is 5.16 Å². The first-order valence-corrected chi connectivity index (χ1v) is 10.8. The van der Waals surface area contributed by atoms with Gasteiger partial charge in [-0.25, -0.2) is 0 Å². The lowest BCUT2D eigenvalue weighted by atomic mass is 10.2. The van der Waals surface area contributed by atoms with E-state index < -0.39 is 0 Å². The average molecular weight is 424 g/mol. The van der Waals surface area contributed by atoms with Crippen molar-refractivity contribution in [3.05, 3.63) is 76.9 Å². The number of halogens is 1. The van der Waals surface area contributed by atoms with E-state index in [4.69, 9.17) is 16.1 Å². The Morgan fingerprint density at radius 2 is 1.83 bits per heavy atom. The molecule has 29 heavy (non-hydrogen) atoms. The van der Waals surface area contributed by atoms with Gasteiger partial charge in [-0.1, -0.05) is 71.0 Å². The van der Waals surface area contributed by atoms with Gasteiger partial charge in [0.1, 0.15) is 5.82 Å². The Morgan fingerprint density at radius 1 is 1.03 bits per heavy atom. The third-order valence-corrected chi connectivity index (χ3v) is 6.06. The van der Waals surface area contributed by atoms with E-state index in [0.29, 0.717) is 28.4 Å². The van der Waals surface area contributed by atoms with Gasteiger partial charge in [0.25, 0.3) is 0 Å². The van der Waals surface area contributed by atoms with E-state index in [1.54, 1.807) is 11.8 Å². The fourth-order valence-corrected chi connectivity index (χ4v) is 4.16. The molecule has 0 saturated heterocycles. The molecule has 0 unspecified atom stereocenters. The lowest BCUT2D eigenvalue weighted by Crippen LogP contribution is -2.06. The summed E-state index contributed by atoms with van der Waals surface area (Å²) >= 11 is 7.79. The number of rotatable bonds is 7. The molecule has 0 amide bonds. The number of aromatic nitrogens is 5. The molecule has 0 radical (unpaired) electrons. The minimum absolute atomic E-state index is 0.496. The molecule has 2 aromatic heterocycles. The molecule has 146 valence electrons. The molecular formula is C21H18ClN5OS. The summed E-state index contributed by atoms with van der Waals surface area (Å²) in [5, 5.41) is 14.4. The fraction of sp³-hybridized carbons (Fsp3) is 0.238. The SMILES string of the molecule is Clc1ccccc1-c1noc(CSc2nnc(C3CC3)n2Cc2ccccc2)n1. The van der Waals surface area contributed by atoms with Crippen molar-refractivity contribution in [3.8, 4) is 11.4 Å². The smallest absolute Gasteiger partial charge is 0.237 e. The third kappa shape index (κ3) is 4.06. The van der Waals surface area contributed by atoms with Crippen molar-refractivity contribution in [2.45, 2.75) is 36.2 Å². The van der Waals surface area contributed by atoms with Crippen LogP contribution < -0.4 is 0 Å². The molecule has 1 saturated carbocycles. The van der Waals surface area contributed by atoms with Gasteiger partial charge >= 0.3 is 0 Å². The molecule has 1 aliphatic rings. The van der Waals surface area contributed by atoms with Crippen LogP contribution in [0.15, 0.2) is 64.3 Å². The van der Waals surface area contributed by atoms with Crippen LogP contribution in [0.1, 0.15) is 36.0 Å². The molecule has 5 rings (SSSR count). The number of hydrogen-bond donors (Lipinski definition) is 0. The largest absolute Gasteiger partial charge is 0.338 e. The van der Waals surface area contributed by atoms with Crippen LogP contribution in [-0.4, -0.2) is 24.9 Å². The second-order valence-corrected chi connectivity index (χ2v) is 8.32. The quantitative estimate of drug-likeness (QED) is 0.380. The van der Waals surface area contributed by atoms with E-state index in [1.165, 1.54) is 18.4 Å². The number of thioether (sulfide) groups is 1. The summed E-state index contributed by atoms with van der Waals surface area (Å²) in [6, 6.07) is 17.8. The maximum absolute atomic E-state index is 6.23. The van der Waals surface area contributed by atoms with Crippen molar-refractivity contribution in [1.29, 1.82) is 0 Å². The standard InChI is InChI=1S/C21H18ClN5OS/c22-17-9-5-4-8-16(17)19-23-18(28-26-19)13-29-21-25-24-20(15-10-11-15)27(21)12-14-6-2-1-3-7-14/h1-9,15H,10-13H2. The molecule has 0 spiro atoms. The molecule has 0 bridgehead atoms. The molecule has 0 aliphatic heterocycles. The number of benzene rings is 2. The number of nitrogens with zero attached hydrogens (tertiary/aromatic N) is 5. The van der Waals surface area contributed by atoms with Crippen LogP contribution in [0.4, 0.5) is 0 Å². The summed E-state index contributed by atoms with van der Waals surface area (Å²) < 4.78 is 7.63. The number of hydrogen-bond acceptors (Lipinski definition) is 6. The Labute approximate surface area is 177 Å². The van der Waals surface area contributed by atoms with E-state index in [0.717, 1.165) is 23.1 Å². The van der Waals surface area contributed by atoms with Gasteiger partial charge in [-0.05, 0) is 30.5 Å². The predicted molar refractivity (Wildman–Crippen MR) is 112 cm³/mol. The molecule has 8 heteroatoms. The topological polar surface area (TPSA) is 69.6 Å². The summed E-state index contributed by atoms with van der Waals surface area (Å²) in [5.41, 5.74) is 1.99. The highest BCUT2D eigenvalue weighted by atomic mass is 35.5. The Balaban J connectivity index is 1.34. The van der Waals surface area contributed by atoms with Crippen molar-refractivity contribution in [2.75, 3.05) is 0 Å². The van der Waals surface area contributed by atoms with Gasteiger partial charge in [0, 0.05) is 11.5 Å². The Morgan fingerprint density at radius 3 is 2.62 bits per heavy atom. The second kappa shape index (κ2) is 8.00. The Hall–Kier alpha value is -2.64. The fourth-order valence-electron chi connectivity index (χ4n) is 3.16. The van der Waals surface area contributed by atoms with Crippen LogP contribution in [0.25, 0.3) is 11.4 Å².